The maximum atomic E-state index is 12.6. The summed E-state index contributed by atoms with van der Waals surface area (Å²) >= 11 is 0. The van der Waals surface area contributed by atoms with Crippen LogP contribution in [0.15, 0.2) is 49.1 Å². The largest absolute Gasteiger partial charge is 0.333 e. The lowest BCUT2D eigenvalue weighted by molar-refractivity contribution is -0.133. The van der Waals surface area contributed by atoms with Crippen LogP contribution in [-0.4, -0.2) is 40.4 Å². The van der Waals surface area contributed by atoms with E-state index in [9.17, 15) is 4.79 Å². The van der Waals surface area contributed by atoms with Crippen molar-refractivity contribution in [1.29, 1.82) is 0 Å². The Morgan fingerprint density at radius 2 is 2.00 bits per heavy atom. The molecule has 0 aliphatic carbocycles. The number of nitrogens with zero attached hydrogens (tertiary/aromatic N) is 3. The first-order valence-corrected chi connectivity index (χ1v) is 7.13. The average Bonchev–Trinajstić information content (AvgIpc) is 2.56. The zero-order valence-corrected chi connectivity index (χ0v) is 13.0. The highest BCUT2D eigenvalue weighted by Crippen LogP contribution is 2.22. The van der Waals surface area contributed by atoms with Crippen molar-refractivity contribution >= 4 is 18.3 Å². The number of rotatable bonds is 3. The number of pyridine rings is 2. The lowest BCUT2D eigenvalue weighted by Crippen LogP contribution is -2.49. The van der Waals surface area contributed by atoms with Gasteiger partial charge < -0.3 is 10.2 Å². The molecule has 1 unspecified atom stereocenters. The number of piperazine rings is 1. The molecule has 1 saturated heterocycles. The number of amides is 1. The Bertz CT molecular complexity index is 594. The van der Waals surface area contributed by atoms with E-state index >= 15 is 0 Å². The van der Waals surface area contributed by atoms with Crippen molar-refractivity contribution in [2.45, 2.75) is 12.5 Å². The van der Waals surface area contributed by atoms with Gasteiger partial charge in [0.05, 0.1) is 12.5 Å². The van der Waals surface area contributed by atoms with E-state index in [2.05, 4.69) is 15.3 Å². The van der Waals surface area contributed by atoms with Crippen molar-refractivity contribution in [3.05, 3.63) is 60.2 Å². The van der Waals surface area contributed by atoms with Gasteiger partial charge in [0.15, 0.2) is 0 Å². The minimum atomic E-state index is 0. The standard InChI is InChI=1S/C16H18N4O.ClH/c21-16(9-13-3-1-5-17-10-13)20-8-7-19-12-15(20)14-4-2-6-18-11-14;/h1-6,10-11,15,19H,7-9,12H2;1H. The molecular weight excluding hydrogens is 300 g/mol. The second-order valence-electron chi connectivity index (χ2n) is 5.13. The third-order valence-corrected chi connectivity index (χ3v) is 3.71. The van der Waals surface area contributed by atoms with Crippen LogP contribution in [0.3, 0.4) is 0 Å². The van der Waals surface area contributed by atoms with Gasteiger partial charge in [-0.15, -0.1) is 12.4 Å². The van der Waals surface area contributed by atoms with Gasteiger partial charge in [-0.1, -0.05) is 12.1 Å². The first kappa shape index (κ1) is 16.4. The molecule has 3 heterocycles. The summed E-state index contributed by atoms with van der Waals surface area (Å²) in [5, 5.41) is 3.35. The van der Waals surface area contributed by atoms with Gasteiger partial charge >= 0.3 is 0 Å². The van der Waals surface area contributed by atoms with Crippen molar-refractivity contribution in [2.75, 3.05) is 19.6 Å². The number of hydrogen-bond donors (Lipinski definition) is 1. The van der Waals surface area contributed by atoms with E-state index in [4.69, 9.17) is 0 Å². The van der Waals surface area contributed by atoms with E-state index in [1.165, 1.54) is 0 Å². The fraction of sp³-hybridized carbons (Fsp3) is 0.312. The summed E-state index contributed by atoms with van der Waals surface area (Å²) in [6, 6.07) is 7.78. The maximum Gasteiger partial charge on any atom is 0.227 e. The van der Waals surface area contributed by atoms with Crippen molar-refractivity contribution in [3.8, 4) is 0 Å². The zero-order valence-electron chi connectivity index (χ0n) is 12.2. The molecule has 0 aromatic carbocycles. The normalized spacial score (nSPS) is 17.6. The zero-order chi connectivity index (χ0) is 14.5. The molecule has 0 bridgehead atoms. The van der Waals surface area contributed by atoms with Crippen molar-refractivity contribution in [2.24, 2.45) is 0 Å². The molecule has 5 nitrogen and oxygen atoms in total. The van der Waals surface area contributed by atoms with Crippen LogP contribution in [0, 0.1) is 0 Å². The minimum absolute atomic E-state index is 0. The van der Waals surface area contributed by atoms with Crippen LogP contribution < -0.4 is 5.32 Å². The molecule has 0 radical (unpaired) electrons. The molecule has 6 heteroatoms. The van der Waals surface area contributed by atoms with Crippen LogP contribution in [0.2, 0.25) is 0 Å². The molecular formula is C16H19ClN4O. The molecule has 1 aliphatic heterocycles. The topological polar surface area (TPSA) is 58.1 Å². The highest BCUT2D eigenvalue weighted by Gasteiger charge is 2.27. The van der Waals surface area contributed by atoms with Crippen LogP contribution in [0.25, 0.3) is 0 Å². The van der Waals surface area contributed by atoms with E-state index < -0.39 is 0 Å². The van der Waals surface area contributed by atoms with Crippen LogP contribution in [0.1, 0.15) is 17.2 Å². The maximum absolute atomic E-state index is 12.6. The Morgan fingerprint density at radius 3 is 2.68 bits per heavy atom. The molecule has 2 aromatic rings. The molecule has 1 N–H and O–H groups in total. The second kappa shape index (κ2) is 7.87. The van der Waals surface area contributed by atoms with Crippen LogP contribution in [0.5, 0.6) is 0 Å². The van der Waals surface area contributed by atoms with Gasteiger partial charge in [-0.3, -0.25) is 14.8 Å². The fourth-order valence-corrected chi connectivity index (χ4v) is 2.65. The molecule has 0 spiro atoms. The second-order valence-corrected chi connectivity index (χ2v) is 5.13. The van der Waals surface area contributed by atoms with Crippen LogP contribution in [-0.2, 0) is 11.2 Å². The number of hydrogen-bond acceptors (Lipinski definition) is 4. The van der Waals surface area contributed by atoms with E-state index in [1.54, 1.807) is 18.6 Å². The molecule has 2 aromatic heterocycles. The molecule has 0 saturated carbocycles. The van der Waals surface area contributed by atoms with Gasteiger partial charge in [0.1, 0.15) is 0 Å². The Kier molecular flexibility index (Phi) is 5.86. The Morgan fingerprint density at radius 1 is 1.23 bits per heavy atom. The Balaban J connectivity index is 0.00000176. The number of halogens is 1. The first-order valence-electron chi connectivity index (χ1n) is 7.13. The molecule has 1 aliphatic rings. The average molecular weight is 319 g/mol. The number of nitrogens with one attached hydrogen (secondary N) is 1. The number of aromatic nitrogens is 2. The van der Waals surface area contributed by atoms with E-state index in [-0.39, 0.29) is 24.4 Å². The Labute approximate surface area is 136 Å². The summed E-state index contributed by atoms with van der Waals surface area (Å²) in [6.45, 7) is 2.32. The lowest BCUT2D eigenvalue weighted by atomic mass is 10.0. The molecule has 1 amide bonds. The molecule has 116 valence electrons. The summed E-state index contributed by atoms with van der Waals surface area (Å²) in [7, 11) is 0. The van der Waals surface area contributed by atoms with Crippen molar-refractivity contribution < 1.29 is 4.79 Å². The molecule has 3 rings (SSSR count). The molecule has 1 fully saturated rings. The summed E-state index contributed by atoms with van der Waals surface area (Å²) < 4.78 is 0. The smallest absolute Gasteiger partial charge is 0.227 e. The number of carbonyl (C=O) groups is 1. The van der Waals surface area contributed by atoms with E-state index in [0.29, 0.717) is 6.42 Å². The quantitative estimate of drug-likeness (QED) is 0.934. The highest BCUT2D eigenvalue weighted by atomic mass is 35.5. The molecule has 1 atom stereocenters. The SMILES string of the molecule is Cl.O=C(Cc1cccnc1)N1CCNCC1c1cccnc1. The minimum Gasteiger partial charge on any atom is -0.333 e. The van der Waals surface area contributed by atoms with Gasteiger partial charge in [-0.25, -0.2) is 0 Å². The highest BCUT2D eigenvalue weighted by molar-refractivity contribution is 5.85. The van der Waals surface area contributed by atoms with Gasteiger partial charge in [-0.2, -0.15) is 0 Å². The summed E-state index contributed by atoms with van der Waals surface area (Å²) in [5.41, 5.74) is 2.02. The first-order chi connectivity index (χ1) is 10.3. The van der Waals surface area contributed by atoms with Crippen molar-refractivity contribution in [1.82, 2.24) is 20.2 Å². The van der Waals surface area contributed by atoms with Crippen molar-refractivity contribution in [3.63, 3.8) is 0 Å². The Hall–Kier alpha value is -1.98. The van der Waals surface area contributed by atoms with Gasteiger partial charge in [0.2, 0.25) is 5.91 Å². The molecule has 22 heavy (non-hydrogen) atoms. The van der Waals surface area contributed by atoms with Gasteiger partial charge in [-0.05, 0) is 23.3 Å². The van der Waals surface area contributed by atoms with E-state index in [1.807, 2.05) is 35.4 Å². The predicted molar refractivity (Wildman–Crippen MR) is 86.7 cm³/mol. The summed E-state index contributed by atoms with van der Waals surface area (Å²) in [6.07, 6.45) is 7.45. The predicted octanol–water partition coefficient (Wildman–Crippen LogP) is 1.61. The third-order valence-electron chi connectivity index (χ3n) is 3.71. The lowest BCUT2D eigenvalue weighted by Gasteiger charge is -2.36. The van der Waals surface area contributed by atoms with Crippen LogP contribution in [0.4, 0.5) is 0 Å². The van der Waals surface area contributed by atoms with Gasteiger partial charge in [0.25, 0.3) is 0 Å². The van der Waals surface area contributed by atoms with Gasteiger partial charge in [0, 0.05) is 44.4 Å². The third kappa shape index (κ3) is 3.81. The fourth-order valence-electron chi connectivity index (χ4n) is 2.65. The summed E-state index contributed by atoms with van der Waals surface area (Å²) in [4.78, 5) is 22.8. The van der Waals surface area contributed by atoms with E-state index in [0.717, 1.165) is 30.8 Å². The summed E-state index contributed by atoms with van der Waals surface area (Å²) in [5.74, 6) is 0.137. The monoisotopic (exact) mass is 318 g/mol. The van der Waals surface area contributed by atoms with Crippen LogP contribution >= 0.6 is 12.4 Å². The number of carbonyl (C=O) groups excluding carboxylic acids is 1.